The van der Waals surface area contributed by atoms with E-state index in [0.29, 0.717) is 28.1 Å². The Morgan fingerprint density at radius 1 is 1.00 bits per heavy atom. The second-order valence-electron chi connectivity index (χ2n) is 8.35. The van der Waals surface area contributed by atoms with Crippen LogP contribution in [-0.4, -0.2) is 24.3 Å². The predicted molar refractivity (Wildman–Crippen MR) is 132 cm³/mol. The van der Waals surface area contributed by atoms with E-state index < -0.39 is 18.3 Å². The molecule has 34 heavy (non-hydrogen) atoms. The number of hydrogen-bond donors (Lipinski definition) is 1. The van der Waals surface area contributed by atoms with Crippen molar-refractivity contribution in [3.63, 3.8) is 0 Å². The third kappa shape index (κ3) is 4.46. The predicted octanol–water partition coefficient (Wildman–Crippen LogP) is 6.91. The molecule has 0 radical (unpaired) electrons. The maximum absolute atomic E-state index is 14.6. The first-order chi connectivity index (χ1) is 16.1. The van der Waals surface area contributed by atoms with Crippen LogP contribution < -0.4 is 10.2 Å². The molecule has 1 aliphatic heterocycles. The molecule has 1 heterocycles. The van der Waals surface area contributed by atoms with E-state index in [4.69, 9.17) is 11.6 Å². The zero-order valence-corrected chi connectivity index (χ0v) is 19.5. The van der Waals surface area contributed by atoms with Crippen LogP contribution in [0.1, 0.15) is 43.8 Å². The molecule has 174 valence electrons. The zero-order valence-electron chi connectivity index (χ0n) is 18.8. The zero-order chi connectivity index (χ0) is 24.6. The molecule has 4 rings (SSSR count). The standard InChI is InChI=1S/C27H23ClF2N2O2/c1-16-6-4-5-7-21(16)25(33)31-20-9-10-22(17(2)14-20)26(34)32-13-12-27(29,30)18(3)23-15-19(28)8-11-24(23)32/h4-11,14-15H,3,12-13H2,1-2H3,(H,31,33). The van der Waals surface area contributed by atoms with Gasteiger partial charge in [0.1, 0.15) is 0 Å². The van der Waals surface area contributed by atoms with Gasteiger partial charge >= 0.3 is 0 Å². The molecule has 0 aliphatic carbocycles. The van der Waals surface area contributed by atoms with E-state index in [2.05, 4.69) is 11.9 Å². The number of carbonyl (C=O) groups is 2. The van der Waals surface area contributed by atoms with Crippen LogP contribution in [-0.2, 0) is 0 Å². The van der Waals surface area contributed by atoms with Crippen molar-refractivity contribution in [3.05, 3.63) is 100 Å². The van der Waals surface area contributed by atoms with Crippen LogP contribution >= 0.6 is 11.6 Å². The van der Waals surface area contributed by atoms with Gasteiger partial charge in [-0.05, 0) is 67.4 Å². The van der Waals surface area contributed by atoms with Crippen LogP contribution in [0.4, 0.5) is 20.2 Å². The molecule has 4 nitrogen and oxygen atoms in total. The summed E-state index contributed by atoms with van der Waals surface area (Å²) in [5.41, 5.74) is 3.04. The first kappa shape index (κ1) is 23.6. The molecule has 0 saturated heterocycles. The molecule has 0 bridgehead atoms. The minimum Gasteiger partial charge on any atom is -0.322 e. The lowest BCUT2D eigenvalue weighted by molar-refractivity contribution is 0.0604. The number of rotatable bonds is 3. The number of nitrogens with zero attached hydrogens (tertiary/aromatic N) is 1. The quantitative estimate of drug-likeness (QED) is 0.443. The van der Waals surface area contributed by atoms with E-state index in [1.54, 1.807) is 49.4 Å². The fourth-order valence-corrected chi connectivity index (χ4v) is 4.24. The lowest BCUT2D eigenvalue weighted by atomic mass is 9.99. The van der Waals surface area contributed by atoms with Crippen LogP contribution in [0.25, 0.3) is 5.57 Å². The SMILES string of the molecule is C=C1c2cc(Cl)ccc2N(C(=O)c2ccc(NC(=O)c3ccccc3C)cc2C)CCC1(F)F. The molecule has 0 spiro atoms. The van der Waals surface area contributed by atoms with Gasteiger partial charge in [-0.15, -0.1) is 0 Å². The number of amides is 2. The van der Waals surface area contributed by atoms with Gasteiger partial charge in [-0.25, -0.2) is 8.78 Å². The number of nitrogens with one attached hydrogen (secondary N) is 1. The van der Waals surface area contributed by atoms with Crippen molar-refractivity contribution in [2.24, 2.45) is 0 Å². The first-order valence-corrected chi connectivity index (χ1v) is 11.1. The topological polar surface area (TPSA) is 49.4 Å². The Kier molecular flexibility index (Phi) is 6.28. The fraction of sp³-hybridized carbons (Fsp3) is 0.185. The van der Waals surface area contributed by atoms with Gasteiger partial charge in [0.15, 0.2) is 0 Å². The summed E-state index contributed by atoms with van der Waals surface area (Å²) in [4.78, 5) is 27.4. The van der Waals surface area contributed by atoms with E-state index in [9.17, 15) is 18.4 Å². The molecule has 0 saturated carbocycles. The molecule has 2 amide bonds. The number of aryl methyl sites for hydroxylation is 2. The molecule has 7 heteroatoms. The summed E-state index contributed by atoms with van der Waals surface area (Å²) in [7, 11) is 0. The molecule has 1 aliphatic rings. The molecule has 1 N–H and O–H groups in total. The van der Waals surface area contributed by atoms with E-state index in [1.165, 1.54) is 11.0 Å². The van der Waals surface area contributed by atoms with Crippen molar-refractivity contribution in [2.75, 3.05) is 16.8 Å². The van der Waals surface area contributed by atoms with Crippen molar-refractivity contribution in [1.82, 2.24) is 0 Å². The van der Waals surface area contributed by atoms with E-state index >= 15 is 0 Å². The highest BCUT2D eigenvalue weighted by molar-refractivity contribution is 6.31. The van der Waals surface area contributed by atoms with Gasteiger partial charge < -0.3 is 10.2 Å². The number of halogens is 3. The molecule has 0 atom stereocenters. The lowest BCUT2D eigenvalue weighted by Gasteiger charge is -2.24. The summed E-state index contributed by atoms with van der Waals surface area (Å²) in [6, 6.07) is 16.7. The van der Waals surface area contributed by atoms with Gasteiger partial charge in [0.05, 0.1) is 5.69 Å². The second-order valence-corrected chi connectivity index (χ2v) is 8.79. The molecule has 3 aromatic carbocycles. The summed E-state index contributed by atoms with van der Waals surface area (Å²) in [6.07, 6.45) is -0.548. The molecule has 0 aromatic heterocycles. The van der Waals surface area contributed by atoms with Crippen molar-refractivity contribution in [2.45, 2.75) is 26.2 Å². The minimum atomic E-state index is -3.16. The van der Waals surface area contributed by atoms with E-state index in [0.717, 1.165) is 5.56 Å². The summed E-state index contributed by atoms with van der Waals surface area (Å²) in [5, 5.41) is 3.13. The van der Waals surface area contributed by atoms with Gasteiger partial charge in [0.25, 0.3) is 17.7 Å². The summed E-state index contributed by atoms with van der Waals surface area (Å²) in [6.45, 7) is 7.00. The Balaban J connectivity index is 1.63. The third-order valence-corrected chi connectivity index (χ3v) is 6.25. The van der Waals surface area contributed by atoms with E-state index in [-0.39, 0.29) is 28.6 Å². The average molecular weight is 481 g/mol. The number of fused-ring (bicyclic) bond motifs is 1. The van der Waals surface area contributed by atoms with Crippen LogP contribution in [0.3, 0.4) is 0 Å². The molecule has 0 fully saturated rings. The Bertz CT molecular complexity index is 1320. The maximum atomic E-state index is 14.6. The number of benzene rings is 3. The molecule has 3 aromatic rings. The van der Waals surface area contributed by atoms with Gasteiger partial charge in [-0.3, -0.25) is 9.59 Å². The smallest absolute Gasteiger partial charge is 0.275 e. The number of allylic oxidation sites excluding steroid dienone is 1. The molecule has 0 unspecified atom stereocenters. The Morgan fingerprint density at radius 2 is 1.74 bits per heavy atom. The fourth-order valence-electron chi connectivity index (χ4n) is 4.07. The number of carbonyl (C=O) groups excluding carboxylic acids is 2. The van der Waals surface area contributed by atoms with Crippen LogP contribution in [0.2, 0.25) is 5.02 Å². The van der Waals surface area contributed by atoms with Crippen LogP contribution in [0.15, 0.2) is 67.2 Å². The lowest BCUT2D eigenvalue weighted by Crippen LogP contribution is -2.33. The highest BCUT2D eigenvalue weighted by Crippen LogP contribution is 2.43. The normalized spacial score (nSPS) is 14.9. The Hall–Kier alpha value is -3.51. The molecular formula is C27H23ClF2N2O2. The van der Waals surface area contributed by atoms with Crippen molar-refractivity contribution >= 4 is 40.4 Å². The van der Waals surface area contributed by atoms with Crippen molar-refractivity contribution in [3.8, 4) is 0 Å². The van der Waals surface area contributed by atoms with Crippen LogP contribution in [0, 0.1) is 13.8 Å². The van der Waals surface area contributed by atoms with E-state index in [1.807, 2.05) is 19.1 Å². The number of alkyl halides is 2. The van der Waals surface area contributed by atoms with Gasteiger partial charge in [-0.1, -0.05) is 36.4 Å². The summed E-state index contributed by atoms with van der Waals surface area (Å²) < 4.78 is 29.2. The highest BCUT2D eigenvalue weighted by atomic mass is 35.5. The number of hydrogen-bond acceptors (Lipinski definition) is 2. The highest BCUT2D eigenvalue weighted by Gasteiger charge is 2.40. The largest absolute Gasteiger partial charge is 0.322 e. The average Bonchev–Trinajstić information content (AvgIpc) is 2.88. The van der Waals surface area contributed by atoms with Gasteiger partial charge in [0.2, 0.25) is 0 Å². The van der Waals surface area contributed by atoms with Crippen molar-refractivity contribution in [1.29, 1.82) is 0 Å². The first-order valence-electron chi connectivity index (χ1n) is 10.7. The minimum absolute atomic E-state index is 0.156. The third-order valence-electron chi connectivity index (χ3n) is 6.01. The Morgan fingerprint density at radius 3 is 2.44 bits per heavy atom. The summed E-state index contributed by atoms with van der Waals surface area (Å²) in [5.74, 6) is -3.83. The molecular weight excluding hydrogens is 458 g/mol. The van der Waals surface area contributed by atoms with Gasteiger partial charge in [-0.2, -0.15) is 0 Å². The maximum Gasteiger partial charge on any atom is 0.275 e. The number of anilines is 2. The van der Waals surface area contributed by atoms with Crippen LogP contribution in [0.5, 0.6) is 0 Å². The Labute approximate surface area is 201 Å². The van der Waals surface area contributed by atoms with Gasteiger partial charge in [0, 0.05) is 45.9 Å². The summed E-state index contributed by atoms with van der Waals surface area (Å²) >= 11 is 6.05. The van der Waals surface area contributed by atoms with Crippen molar-refractivity contribution < 1.29 is 18.4 Å². The monoisotopic (exact) mass is 480 g/mol. The second kappa shape index (κ2) is 9.03.